The molecule has 4 aromatic rings. The van der Waals surface area contributed by atoms with E-state index in [1.54, 1.807) is 35.5 Å². The van der Waals surface area contributed by atoms with Crippen LogP contribution < -0.4 is 14.4 Å². The Bertz CT molecular complexity index is 1680. The molecule has 2 saturated heterocycles. The Morgan fingerprint density at radius 2 is 1.87 bits per heavy atom. The number of nitrogens with one attached hydrogen (secondary N) is 1. The highest BCUT2D eigenvalue weighted by atomic mass is 32.2. The molecule has 0 bridgehead atoms. The molecule has 2 fully saturated rings. The summed E-state index contributed by atoms with van der Waals surface area (Å²) in [7, 11) is -3.77. The van der Waals surface area contributed by atoms with Gasteiger partial charge in [-0.3, -0.25) is 4.79 Å². The fraction of sp³-hybridized carbons (Fsp3) is 0.280. The monoisotopic (exact) mass is 555 g/mol. The Kier molecular flexibility index (Phi) is 6.14. The number of nitrogens with zero attached hydrogens (tertiary/aromatic N) is 6. The number of anilines is 1. The molecule has 1 N–H and O–H groups in total. The molecule has 0 aliphatic carbocycles. The number of hydrogen-bond acceptors (Lipinski definition) is 8. The zero-order valence-electron chi connectivity index (χ0n) is 20.7. The summed E-state index contributed by atoms with van der Waals surface area (Å²) in [4.78, 5) is 27.4. The fourth-order valence-corrected chi connectivity index (χ4v) is 6.30. The Balaban J connectivity index is 1.26. The van der Waals surface area contributed by atoms with Crippen LogP contribution in [0.3, 0.4) is 0 Å². The Hall–Kier alpha value is -4.17. The second-order valence-electron chi connectivity index (χ2n) is 9.27. The molecule has 5 heterocycles. The molecule has 0 radical (unpaired) electrons. The molecule has 1 atom stereocenters. The van der Waals surface area contributed by atoms with Gasteiger partial charge in [-0.1, -0.05) is 18.2 Å². The molecule has 0 spiro atoms. The summed E-state index contributed by atoms with van der Waals surface area (Å²) < 4.78 is 59.7. The highest BCUT2D eigenvalue weighted by Crippen LogP contribution is 2.28. The van der Waals surface area contributed by atoms with Crippen molar-refractivity contribution in [2.75, 3.05) is 24.5 Å². The minimum atomic E-state index is -3.77. The number of ether oxygens (including phenoxy) is 1. The average molecular weight is 556 g/mol. The van der Waals surface area contributed by atoms with Crippen LogP contribution in [0.2, 0.25) is 0 Å². The van der Waals surface area contributed by atoms with Crippen LogP contribution in [-0.2, 0) is 21.4 Å². The molecular weight excluding hydrogens is 532 g/mol. The van der Waals surface area contributed by atoms with Crippen molar-refractivity contribution in [2.24, 2.45) is 0 Å². The minimum absolute atomic E-state index is 0.121. The van der Waals surface area contributed by atoms with E-state index in [-0.39, 0.29) is 18.8 Å². The number of halogens is 2. The molecule has 0 saturated carbocycles. The molecule has 14 heteroatoms. The van der Waals surface area contributed by atoms with Crippen molar-refractivity contribution in [3.8, 4) is 16.9 Å². The first kappa shape index (κ1) is 25.1. The van der Waals surface area contributed by atoms with Crippen molar-refractivity contribution in [1.82, 2.24) is 28.4 Å². The van der Waals surface area contributed by atoms with Gasteiger partial charge >= 0.3 is 16.8 Å². The van der Waals surface area contributed by atoms with E-state index in [9.17, 15) is 22.0 Å². The first-order valence-electron chi connectivity index (χ1n) is 12.1. The number of alkyl halides is 2. The predicted octanol–water partition coefficient (Wildman–Crippen LogP) is 2.16. The summed E-state index contributed by atoms with van der Waals surface area (Å²) >= 11 is 0. The van der Waals surface area contributed by atoms with E-state index in [0.29, 0.717) is 30.1 Å². The third-order valence-corrected chi connectivity index (χ3v) is 8.40. The zero-order chi connectivity index (χ0) is 27.3. The van der Waals surface area contributed by atoms with E-state index in [4.69, 9.17) is 4.74 Å². The Labute approximate surface area is 222 Å². The van der Waals surface area contributed by atoms with Crippen LogP contribution in [-0.4, -0.2) is 70.3 Å². The van der Waals surface area contributed by atoms with Crippen LogP contribution in [0.5, 0.6) is 5.75 Å². The van der Waals surface area contributed by atoms with Crippen LogP contribution in [0.25, 0.3) is 16.8 Å². The summed E-state index contributed by atoms with van der Waals surface area (Å²) in [6.45, 7) is -0.389. The number of aryl methyl sites for hydroxylation is 1. The van der Waals surface area contributed by atoms with Crippen molar-refractivity contribution in [1.29, 1.82) is 0 Å². The van der Waals surface area contributed by atoms with Gasteiger partial charge in [-0.25, -0.2) is 19.7 Å². The second kappa shape index (κ2) is 9.54. The quantitative estimate of drug-likeness (QED) is 0.384. The van der Waals surface area contributed by atoms with E-state index in [2.05, 4.69) is 15.0 Å². The lowest BCUT2D eigenvalue weighted by molar-refractivity contribution is -0.121. The topological polar surface area (TPSA) is 122 Å². The van der Waals surface area contributed by atoms with Crippen LogP contribution in [0.4, 0.5) is 14.7 Å². The minimum Gasteiger partial charge on any atom is -0.435 e. The molecule has 1 aromatic carbocycles. The van der Waals surface area contributed by atoms with Crippen LogP contribution >= 0.6 is 0 Å². The van der Waals surface area contributed by atoms with Gasteiger partial charge in [0, 0.05) is 67.0 Å². The first-order valence-corrected chi connectivity index (χ1v) is 13.5. The Morgan fingerprint density at radius 1 is 1.10 bits per heavy atom. The molecule has 2 aliphatic rings. The second-order valence-corrected chi connectivity index (χ2v) is 10.9. The van der Waals surface area contributed by atoms with Gasteiger partial charge in [-0.15, -0.1) is 0 Å². The first-order chi connectivity index (χ1) is 18.7. The summed E-state index contributed by atoms with van der Waals surface area (Å²) in [6, 6.07) is 9.63. The molecule has 11 nitrogen and oxygen atoms in total. The van der Waals surface area contributed by atoms with Crippen LogP contribution in [0.1, 0.15) is 17.0 Å². The number of para-hydroxylation sites is 1. The van der Waals surface area contributed by atoms with Gasteiger partial charge in [0.25, 0.3) is 5.91 Å². The van der Waals surface area contributed by atoms with E-state index in [1.165, 1.54) is 6.07 Å². The van der Waals surface area contributed by atoms with E-state index in [0.717, 1.165) is 26.8 Å². The summed E-state index contributed by atoms with van der Waals surface area (Å²) in [5, 5.41) is 0. The predicted molar refractivity (Wildman–Crippen MR) is 137 cm³/mol. The standard InChI is InChI=1S/C25H23F2N7O4S/c1-15-19(10-16-4-2-3-5-21(16)38-24(26)27)33-13-17(6-7-22(33)30-15)18-11-28-25(29-12-18)32-8-9-34-20(14-32)23(35)31-39(34,36)37/h2-7,11-13,20,24H,8-10,14H2,1H3,(H,31,35). The van der Waals surface area contributed by atoms with Gasteiger partial charge in [0.15, 0.2) is 0 Å². The number of amides is 1. The smallest absolute Gasteiger partial charge is 0.387 e. The van der Waals surface area contributed by atoms with Crippen molar-refractivity contribution >= 4 is 27.7 Å². The number of imidazole rings is 1. The lowest BCUT2D eigenvalue weighted by Crippen LogP contribution is -2.53. The molecule has 39 heavy (non-hydrogen) atoms. The molecule has 202 valence electrons. The molecule has 6 rings (SSSR count). The van der Waals surface area contributed by atoms with Crippen LogP contribution in [0, 0.1) is 6.92 Å². The summed E-state index contributed by atoms with van der Waals surface area (Å²) in [6.07, 6.45) is 5.56. The van der Waals surface area contributed by atoms with Gasteiger partial charge < -0.3 is 14.0 Å². The number of rotatable bonds is 6. The zero-order valence-corrected chi connectivity index (χ0v) is 21.5. The van der Waals surface area contributed by atoms with E-state index < -0.39 is 28.8 Å². The number of benzene rings is 1. The molecule has 3 aromatic heterocycles. The molecule has 1 amide bonds. The van der Waals surface area contributed by atoms with Crippen molar-refractivity contribution in [3.05, 3.63) is 71.9 Å². The maximum absolute atomic E-state index is 12.9. The van der Waals surface area contributed by atoms with Gasteiger partial charge in [-0.2, -0.15) is 21.5 Å². The van der Waals surface area contributed by atoms with Gasteiger partial charge in [0.1, 0.15) is 17.4 Å². The van der Waals surface area contributed by atoms with Crippen molar-refractivity contribution in [3.63, 3.8) is 0 Å². The largest absolute Gasteiger partial charge is 0.435 e. The third-order valence-electron chi connectivity index (χ3n) is 6.89. The number of piperazine rings is 1. The van der Waals surface area contributed by atoms with Gasteiger partial charge in [0.2, 0.25) is 5.95 Å². The SMILES string of the molecule is Cc1nc2ccc(-c3cnc(N4CCN5C(C4)C(=O)NS5(=O)=O)nc3)cn2c1Cc1ccccc1OC(F)F. The number of aromatic nitrogens is 4. The van der Waals surface area contributed by atoms with Crippen molar-refractivity contribution in [2.45, 2.75) is 26.0 Å². The highest BCUT2D eigenvalue weighted by molar-refractivity contribution is 7.88. The van der Waals surface area contributed by atoms with Gasteiger partial charge in [-0.05, 0) is 25.1 Å². The molecule has 1 unspecified atom stereocenters. The number of carbonyl (C=O) groups is 1. The maximum Gasteiger partial charge on any atom is 0.387 e. The lowest BCUT2D eigenvalue weighted by Gasteiger charge is -2.34. The number of fused-ring (bicyclic) bond motifs is 2. The van der Waals surface area contributed by atoms with Crippen LogP contribution in [0.15, 0.2) is 55.0 Å². The van der Waals surface area contributed by atoms with Crippen molar-refractivity contribution < 1.29 is 26.7 Å². The number of pyridine rings is 1. The number of hydrogen-bond donors (Lipinski definition) is 1. The summed E-state index contributed by atoms with van der Waals surface area (Å²) in [5.74, 6) is -0.0404. The van der Waals surface area contributed by atoms with E-state index in [1.807, 2.05) is 34.4 Å². The maximum atomic E-state index is 12.9. The average Bonchev–Trinajstić information content (AvgIpc) is 3.35. The normalized spacial score (nSPS) is 18.9. The van der Waals surface area contributed by atoms with Gasteiger partial charge in [0.05, 0.1) is 5.69 Å². The van der Waals surface area contributed by atoms with E-state index >= 15 is 0 Å². The summed E-state index contributed by atoms with van der Waals surface area (Å²) in [5.41, 5.74) is 4.47. The number of carbonyl (C=O) groups excluding carboxylic acids is 1. The fourth-order valence-electron chi connectivity index (χ4n) is 4.97. The molecular formula is C25H23F2N7O4S. The third kappa shape index (κ3) is 4.65. The Morgan fingerprint density at radius 3 is 2.64 bits per heavy atom. The lowest BCUT2D eigenvalue weighted by atomic mass is 10.1. The highest BCUT2D eigenvalue weighted by Gasteiger charge is 2.47. The molecule has 2 aliphatic heterocycles.